The van der Waals surface area contributed by atoms with E-state index in [1.165, 1.54) is 32.1 Å². The molecule has 0 bridgehead atoms. The van der Waals surface area contributed by atoms with E-state index in [-0.39, 0.29) is 11.9 Å². The minimum absolute atomic E-state index is 0.0478. The lowest BCUT2D eigenvalue weighted by Crippen LogP contribution is -2.32. The van der Waals surface area contributed by atoms with Crippen LogP contribution in [0.4, 0.5) is 0 Å². The maximum absolute atomic E-state index is 11.7. The van der Waals surface area contributed by atoms with Gasteiger partial charge >= 0.3 is 0 Å². The summed E-state index contributed by atoms with van der Waals surface area (Å²) in [6, 6.07) is -0.0478. The third kappa shape index (κ3) is 2.74. The summed E-state index contributed by atoms with van der Waals surface area (Å²) >= 11 is 0. The van der Waals surface area contributed by atoms with Crippen molar-refractivity contribution in [2.24, 2.45) is 10.9 Å². The molecule has 90 valence electrons. The highest BCUT2D eigenvalue weighted by Gasteiger charge is 2.30. The Kier molecular flexibility index (Phi) is 3.80. The monoisotopic (exact) mass is 223 g/mol. The Balaban J connectivity index is 1.85. The maximum atomic E-state index is 11.7. The van der Waals surface area contributed by atoms with Crippen molar-refractivity contribution < 1.29 is 4.79 Å². The van der Waals surface area contributed by atoms with Gasteiger partial charge in [0, 0.05) is 6.54 Å². The molecular weight excluding hydrogens is 202 g/mol. The molecule has 0 radical (unpaired) electrons. The Morgan fingerprint density at radius 1 is 1.31 bits per heavy atom. The van der Waals surface area contributed by atoms with Gasteiger partial charge in [-0.1, -0.05) is 32.1 Å². The van der Waals surface area contributed by atoms with E-state index in [1.54, 1.807) is 0 Å². The molecule has 0 aromatic heterocycles. The first-order valence-electron chi connectivity index (χ1n) is 6.41. The van der Waals surface area contributed by atoms with Crippen LogP contribution in [0.2, 0.25) is 0 Å². The van der Waals surface area contributed by atoms with Crippen molar-refractivity contribution in [1.82, 2.24) is 10.6 Å². The smallest absolute Gasteiger partial charge is 0.249 e. The van der Waals surface area contributed by atoms with Crippen molar-refractivity contribution >= 4 is 11.9 Å². The molecular formula is C12H21N3O. The van der Waals surface area contributed by atoms with Crippen LogP contribution in [0.3, 0.4) is 0 Å². The third-order valence-corrected chi connectivity index (χ3v) is 3.48. The average Bonchev–Trinajstić information content (AvgIpc) is 2.61. The molecule has 1 saturated carbocycles. The summed E-state index contributed by atoms with van der Waals surface area (Å²) in [5, 5.41) is 5.97. The molecule has 1 saturated heterocycles. The normalized spacial score (nSPS) is 29.2. The number of carbonyl (C=O) groups is 1. The van der Waals surface area contributed by atoms with Gasteiger partial charge in [0.2, 0.25) is 5.91 Å². The second-order valence-electron chi connectivity index (χ2n) is 4.75. The van der Waals surface area contributed by atoms with Crippen LogP contribution in [0, 0.1) is 5.92 Å². The van der Waals surface area contributed by atoms with Crippen molar-refractivity contribution in [3.63, 3.8) is 0 Å². The molecule has 0 aromatic rings. The predicted octanol–water partition coefficient (Wildman–Crippen LogP) is 1.42. The van der Waals surface area contributed by atoms with E-state index in [0.717, 1.165) is 12.3 Å². The van der Waals surface area contributed by atoms with Crippen LogP contribution in [0.1, 0.15) is 45.4 Å². The lowest BCUT2D eigenvalue weighted by molar-refractivity contribution is -0.120. The molecule has 1 amide bonds. The molecule has 16 heavy (non-hydrogen) atoms. The van der Waals surface area contributed by atoms with Crippen LogP contribution in [0.5, 0.6) is 0 Å². The summed E-state index contributed by atoms with van der Waals surface area (Å²) < 4.78 is 0. The lowest BCUT2D eigenvalue weighted by Gasteiger charge is -2.23. The summed E-state index contributed by atoms with van der Waals surface area (Å²) in [6.45, 7) is 2.67. The van der Waals surface area contributed by atoms with Gasteiger partial charge in [0.25, 0.3) is 0 Å². The average molecular weight is 223 g/mol. The Morgan fingerprint density at radius 3 is 2.75 bits per heavy atom. The zero-order valence-corrected chi connectivity index (χ0v) is 9.96. The molecule has 1 unspecified atom stereocenters. The minimum atomic E-state index is -0.0478. The second-order valence-corrected chi connectivity index (χ2v) is 4.75. The van der Waals surface area contributed by atoms with Crippen LogP contribution in [0.25, 0.3) is 0 Å². The highest BCUT2D eigenvalue weighted by Crippen LogP contribution is 2.27. The van der Waals surface area contributed by atoms with Crippen molar-refractivity contribution in [3.05, 3.63) is 0 Å². The van der Waals surface area contributed by atoms with Gasteiger partial charge in [-0.2, -0.15) is 0 Å². The number of nitrogens with zero attached hydrogens (tertiary/aromatic N) is 1. The quantitative estimate of drug-likeness (QED) is 0.760. The molecule has 1 atom stereocenters. The van der Waals surface area contributed by atoms with Crippen LogP contribution < -0.4 is 10.6 Å². The van der Waals surface area contributed by atoms with Crippen LogP contribution in [0.15, 0.2) is 4.99 Å². The summed E-state index contributed by atoms with van der Waals surface area (Å²) in [5.41, 5.74) is 0. The lowest BCUT2D eigenvalue weighted by atomic mass is 9.85. The molecule has 0 aromatic carbocycles. The fraction of sp³-hybridized carbons (Fsp3) is 0.833. The number of guanidine groups is 1. The van der Waals surface area contributed by atoms with E-state index in [4.69, 9.17) is 0 Å². The number of carbonyl (C=O) groups excluding carboxylic acids is 1. The van der Waals surface area contributed by atoms with Gasteiger partial charge in [0.1, 0.15) is 6.04 Å². The number of hydrogen-bond donors (Lipinski definition) is 2. The highest BCUT2D eigenvalue weighted by atomic mass is 16.2. The molecule has 4 nitrogen and oxygen atoms in total. The summed E-state index contributed by atoms with van der Waals surface area (Å²) in [7, 11) is 0. The molecule has 2 fully saturated rings. The molecule has 0 spiro atoms. The molecule has 1 heterocycles. The van der Waals surface area contributed by atoms with Gasteiger partial charge in [-0.25, -0.2) is 0 Å². The first kappa shape index (κ1) is 11.4. The van der Waals surface area contributed by atoms with E-state index in [0.29, 0.717) is 12.5 Å². The topological polar surface area (TPSA) is 53.5 Å². The van der Waals surface area contributed by atoms with Crippen molar-refractivity contribution in [3.8, 4) is 0 Å². The van der Waals surface area contributed by atoms with E-state index in [2.05, 4.69) is 15.6 Å². The Morgan fingerprint density at radius 2 is 2.06 bits per heavy atom. The standard InChI is InChI=1S/C12H21N3O/c1-2-13-12-14-10(11(16)15-12)8-9-6-4-3-5-7-9/h9-10H,2-8H2,1H3,(H2,13,14,15,16). The Hall–Kier alpha value is -1.06. The molecule has 2 aliphatic rings. The first-order valence-corrected chi connectivity index (χ1v) is 6.41. The van der Waals surface area contributed by atoms with Gasteiger partial charge in [0.15, 0.2) is 5.96 Å². The largest absolute Gasteiger partial charge is 0.344 e. The minimum Gasteiger partial charge on any atom is -0.344 e. The maximum Gasteiger partial charge on any atom is 0.249 e. The number of aliphatic imine (C=N–C) groups is 1. The van der Waals surface area contributed by atoms with Crippen LogP contribution in [-0.2, 0) is 4.79 Å². The Labute approximate surface area is 96.9 Å². The fourth-order valence-corrected chi connectivity index (χ4v) is 2.64. The molecule has 2 N–H and O–H groups in total. The summed E-state index contributed by atoms with van der Waals surface area (Å²) in [4.78, 5) is 15.9. The van der Waals surface area contributed by atoms with Gasteiger partial charge in [-0.05, 0) is 19.3 Å². The van der Waals surface area contributed by atoms with Gasteiger partial charge in [-0.3, -0.25) is 15.1 Å². The van der Waals surface area contributed by atoms with Crippen LogP contribution >= 0.6 is 0 Å². The predicted molar refractivity (Wildman–Crippen MR) is 64.2 cm³/mol. The SMILES string of the molecule is CCN=C1NC(=O)C(CC2CCCCC2)N1. The molecule has 4 heteroatoms. The van der Waals surface area contributed by atoms with E-state index < -0.39 is 0 Å². The fourth-order valence-electron chi connectivity index (χ4n) is 2.64. The Bertz CT molecular complexity index is 282. The van der Waals surface area contributed by atoms with E-state index in [1.807, 2.05) is 6.92 Å². The molecule has 1 aliphatic heterocycles. The van der Waals surface area contributed by atoms with E-state index in [9.17, 15) is 4.79 Å². The third-order valence-electron chi connectivity index (χ3n) is 3.48. The second kappa shape index (κ2) is 5.32. The van der Waals surface area contributed by atoms with Crippen LogP contribution in [-0.4, -0.2) is 24.5 Å². The number of rotatable bonds is 3. The first-order chi connectivity index (χ1) is 7.79. The number of nitrogens with one attached hydrogen (secondary N) is 2. The number of hydrogen-bond acceptors (Lipinski definition) is 2. The molecule has 1 aliphatic carbocycles. The molecule has 2 rings (SSSR count). The van der Waals surface area contributed by atoms with Crippen molar-refractivity contribution in [1.29, 1.82) is 0 Å². The van der Waals surface area contributed by atoms with Gasteiger partial charge in [0.05, 0.1) is 0 Å². The summed E-state index contributed by atoms with van der Waals surface area (Å²) in [6.07, 6.45) is 7.55. The van der Waals surface area contributed by atoms with E-state index >= 15 is 0 Å². The van der Waals surface area contributed by atoms with Gasteiger partial charge < -0.3 is 5.32 Å². The summed E-state index contributed by atoms with van der Waals surface area (Å²) in [5.74, 6) is 1.48. The zero-order valence-electron chi connectivity index (χ0n) is 9.96. The van der Waals surface area contributed by atoms with Crippen molar-refractivity contribution in [2.45, 2.75) is 51.5 Å². The highest BCUT2D eigenvalue weighted by molar-refractivity contribution is 6.06. The number of amides is 1. The van der Waals surface area contributed by atoms with Crippen molar-refractivity contribution in [2.75, 3.05) is 6.54 Å². The van der Waals surface area contributed by atoms with Gasteiger partial charge in [-0.15, -0.1) is 0 Å². The zero-order chi connectivity index (χ0) is 11.4.